The van der Waals surface area contributed by atoms with Gasteiger partial charge in [0.25, 0.3) is 0 Å². The van der Waals surface area contributed by atoms with Gasteiger partial charge in [-0.3, -0.25) is 4.98 Å². The molecule has 0 spiro atoms. The quantitative estimate of drug-likeness (QED) is 0.719. The summed E-state index contributed by atoms with van der Waals surface area (Å²) < 4.78 is 0. The summed E-state index contributed by atoms with van der Waals surface area (Å²) in [6.07, 6.45) is 2.87. The van der Waals surface area contributed by atoms with Crippen LogP contribution in [0.25, 0.3) is 11.0 Å². The molecular weight excluding hydrogens is 246 g/mol. The molecular formula is C17H17N3. The molecule has 0 radical (unpaired) electrons. The van der Waals surface area contributed by atoms with Gasteiger partial charge in [-0.2, -0.15) is 0 Å². The number of aromatic nitrogens is 2. The average molecular weight is 263 g/mol. The van der Waals surface area contributed by atoms with Gasteiger partial charge in [-0.25, -0.2) is 4.98 Å². The number of nitrogens with one attached hydrogen (secondary N) is 1. The highest BCUT2D eigenvalue weighted by atomic mass is 14.9. The van der Waals surface area contributed by atoms with Crippen LogP contribution in [0.5, 0.6) is 0 Å². The van der Waals surface area contributed by atoms with Crippen LogP contribution in [0.4, 0.5) is 0 Å². The Kier molecular flexibility index (Phi) is 3.99. The third kappa shape index (κ3) is 3.19. The lowest BCUT2D eigenvalue weighted by atomic mass is 10.1. The van der Waals surface area contributed by atoms with E-state index in [1.807, 2.05) is 36.5 Å². The zero-order valence-electron chi connectivity index (χ0n) is 11.3. The smallest absolute Gasteiger partial charge is 0.0890 e. The highest BCUT2D eigenvalue weighted by molar-refractivity contribution is 5.73. The van der Waals surface area contributed by atoms with E-state index < -0.39 is 0 Å². The fourth-order valence-electron chi connectivity index (χ4n) is 2.17. The number of hydrogen-bond acceptors (Lipinski definition) is 3. The van der Waals surface area contributed by atoms with Crippen molar-refractivity contribution in [2.45, 2.75) is 13.0 Å². The van der Waals surface area contributed by atoms with Crippen LogP contribution >= 0.6 is 0 Å². The first kappa shape index (κ1) is 12.8. The van der Waals surface area contributed by atoms with E-state index >= 15 is 0 Å². The van der Waals surface area contributed by atoms with Gasteiger partial charge in [-0.05, 0) is 30.7 Å². The zero-order valence-corrected chi connectivity index (χ0v) is 11.3. The summed E-state index contributed by atoms with van der Waals surface area (Å²) in [5.41, 5.74) is 4.23. The fourth-order valence-corrected chi connectivity index (χ4v) is 2.17. The largest absolute Gasteiger partial charge is 0.311 e. The van der Waals surface area contributed by atoms with Crippen molar-refractivity contribution in [3.8, 4) is 0 Å². The van der Waals surface area contributed by atoms with Crippen LogP contribution in [-0.4, -0.2) is 16.5 Å². The topological polar surface area (TPSA) is 37.8 Å². The predicted molar refractivity (Wildman–Crippen MR) is 81.4 cm³/mol. The number of hydrogen-bond donors (Lipinski definition) is 1. The van der Waals surface area contributed by atoms with Gasteiger partial charge in [-0.15, -0.1) is 0 Å². The SMILES string of the molecule is c1ccc(CCNCc2cnc3ccccc3n2)cc1. The highest BCUT2D eigenvalue weighted by Crippen LogP contribution is 2.08. The van der Waals surface area contributed by atoms with Gasteiger partial charge in [0.2, 0.25) is 0 Å². The van der Waals surface area contributed by atoms with Gasteiger partial charge >= 0.3 is 0 Å². The molecule has 0 aliphatic carbocycles. The predicted octanol–water partition coefficient (Wildman–Crippen LogP) is 2.96. The van der Waals surface area contributed by atoms with Crippen molar-refractivity contribution < 1.29 is 0 Å². The molecule has 100 valence electrons. The Labute approximate surface area is 118 Å². The van der Waals surface area contributed by atoms with E-state index in [0.29, 0.717) is 0 Å². The van der Waals surface area contributed by atoms with E-state index in [0.717, 1.165) is 36.2 Å². The van der Waals surface area contributed by atoms with Crippen LogP contribution in [0.3, 0.4) is 0 Å². The van der Waals surface area contributed by atoms with E-state index in [1.165, 1.54) is 5.56 Å². The van der Waals surface area contributed by atoms with Gasteiger partial charge in [0.1, 0.15) is 0 Å². The molecule has 2 aromatic carbocycles. The summed E-state index contributed by atoms with van der Waals surface area (Å²) in [6.45, 7) is 1.70. The molecule has 3 aromatic rings. The van der Waals surface area contributed by atoms with Crippen molar-refractivity contribution in [3.05, 3.63) is 72.1 Å². The normalized spacial score (nSPS) is 10.8. The summed E-state index contributed by atoms with van der Waals surface area (Å²) in [5, 5.41) is 3.41. The summed E-state index contributed by atoms with van der Waals surface area (Å²) in [6, 6.07) is 18.4. The zero-order chi connectivity index (χ0) is 13.6. The molecule has 0 amide bonds. The minimum atomic E-state index is 0.755. The van der Waals surface area contributed by atoms with Crippen LogP contribution in [-0.2, 0) is 13.0 Å². The van der Waals surface area contributed by atoms with Crippen molar-refractivity contribution in [3.63, 3.8) is 0 Å². The van der Waals surface area contributed by atoms with Gasteiger partial charge < -0.3 is 5.32 Å². The molecule has 1 aromatic heterocycles. The Morgan fingerprint density at radius 2 is 1.60 bits per heavy atom. The average Bonchev–Trinajstić information content (AvgIpc) is 2.52. The van der Waals surface area contributed by atoms with E-state index in [9.17, 15) is 0 Å². The molecule has 0 bridgehead atoms. The van der Waals surface area contributed by atoms with E-state index in [-0.39, 0.29) is 0 Å². The molecule has 0 fully saturated rings. The molecule has 3 rings (SSSR count). The maximum atomic E-state index is 4.59. The summed E-state index contributed by atoms with van der Waals surface area (Å²) in [4.78, 5) is 9.01. The van der Waals surface area contributed by atoms with Gasteiger partial charge in [0, 0.05) is 6.54 Å². The molecule has 0 saturated carbocycles. The minimum absolute atomic E-state index is 0.755. The van der Waals surface area contributed by atoms with Crippen molar-refractivity contribution >= 4 is 11.0 Å². The second-order valence-corrected chi connectivity index (χ2v) is 4.76. The molecule has 3 nitrogen and oxygen atoms in total. The molecule has 3 heteroatoms. The van der Waals surface area contributed by atoms with Crippen molar-refractivity contribution in [1.82, 2.24) is 15.3 Å². The maximum Gasteiger partial charge on any atom is 0.0890 e. The second-order valence-electron chi connectivity index (χ2n) is 4.76. The molecule has 1 N–H and O–H groups in total. The maximum absolute atomic E-state index is 4.59. The van der Waals surface area contributed by atoms with E-state index in [1.54, 1.807) is 0 Å². The van der Waals surface area contributed by atoms with Gasteiger partial charge in [-0.1, -0.05) is 42.5 Å². The lowest BCUT2D eigenvalue weighted by molar-refractivity contribution is 0.674. The van der Waals surface area contributed by atoms with Crippen molar-refractivity contribution in [1.29, 1.82) is 0 Å². The monoisotopic (exact) mass is 263 g/mol. The Bertz CT molecular complexity index is 680. The minimum Gasteiger partial charge on any atom is -0.311 e. The van der Waals surface area contributed by atoms with Crippen molar-refractivity contribution in [2.24, 2.45) is 0 Å². The molecule has 0 saturated heterocycles. The molecule has 0 aliphatic heterocycles. The number of nitrogens with zero attached hydrogens (tertiary/aromatic N) is 2. The fraction of sp³-hybridized carbons (Fsp3) is 0.176. The van der Waals surface area contributed by atoms with Crippen LogP contribution < -0.4 is 5.32 Å². The van der Waals surface area contributed by atoms with Crippen LogP contribution in [0.1, 0.15) is 11.3 Å². The third-order valence-electron chi connectivity index (χ3n) is 3.24. The first-order valence-corrected chi connectivity index (χ1v) is 6.87. The van der Waals surface area contributed by atoms with Gasteiger partial charge in [0.15, 0.2) is 0 Å². The van der Waals surface area contributed by atoms with Gasteiger partial charge in [0.05, 0.1) is 22.9 Å². The Morgan fingerprint density at radius 1 is 0.850 bits per heavy atom. The summed E-state index contributed by atoms with van der Waals surface area (Å²) in [5.74, 6) is 0. The third-order valence-corrected chi connectivity index (χ3v) is 3.24. The summed E-state index contributed by atoms with van der Waals surface area (Å²) in [7, 11) is 0. The molecule has 1 heterocycles. The van der Waals surface area contributed by atoms with Crippen LogP contribution in [0, 0.1) is 0 Å². The molecule has 0 unspecified atom stereocenters. The van der Waals surface area contributed by atoms with Crippen LogP contribution in [0.15, 0.2) is 60.8 Å². The van der Waals surface area contributed by atoms with Crippen molar-refractivity contribution in [2.75, 3.05) is 6.54 Å². The lowest BCUT2D eigenvalue weighted by Crippen LogP contribution is -2.17. The summed E-state index contributed by atoms with van der Waals surface area (Å²) >= 11 is 0. The molecule has 0 atom stereocenters. The van der Waals surface area contributed by atoms with E-state index in [4.69, 9.17) is 0 Å². The number of benzene rings is 2. The van der Waals surface area contributed by atoms with Crippen LogP contribution in [0.2, 0.25) is 0 Å². The number of rotatable bonds is 5. The number of fused-ring (bicyclic) bond motifs is 1. The van der Waals surface area contributed by atoms with E-state index in [2.05, 4.69) is 39.6 Å². The molecule has 20 heavy (non-hydrogen) atoms. The first-order valence-electron chi connectivity index (χ1n) is 6.87. The Hall–Kier alpha value is -2.26. The Balaban J connectivity index is 1.55. The standard InChI is InChI=1S/C17H17N3/c1-2-6-14(7-3-1)10-11-18-12-15-13-19-16-8-4-5-9-17(16)20-15/h1-9,13,18H,10-12H2. The molecule has 0 aliphatic rings. The lowest BCUT2D eigenvalue weighted by Gasteiger charge is -2.05. The Morgan fingerprint density at radius 3 is 2.45 bits per heavy atom. The first-order chi connectivity index (χ1) is 9.92. The highest BCUT2D eigenvalue weighted by Gasteiger charge is 1.99. The second kappa shape index (κ2) is 6.26. The number of para-hydroxylation sites is 2.